The van der Waals surface area contributed by atoms with Crippen molar-refractivity contribution in [3.8, 4) is 0 Å². The van der Waals surface area contributed by atoms with E-state index in [9.17, 15) is 4.79 Å². The largest absolute Gasteiger partial charge is 0.299 e. The molecular formula is C6H11ClO. The van der Waals surface area contributed by atoms with Crippen molar-refractivity contribution in [3.05, 3.63) is 0 Å². The quantitative estimate of drug-likeness (QED) is 0.539. The van der Waals surface area contributed by atoms with E-state index in [-0.39, 0.29) is 11.7 Å². The van der Waals surface area contributed by atoms with Crippen molar-refractivity contribution in [2.75, 3.05) is 5.88 Å². The molecule has 0 heterocycles. The average molecular weight is 135 g/mol. The number of Topliss-reactive ketones (excluding diaryl/α,β-unsaturated/α-hetero) is 1. The number of hydrogen-bond donors (Lipinski definition) is 0. The molecule has 0 amide bonds. The molecule has 0 saturated heterocycles. The lowest BCUT2D eigenvalue weighted by Gasteiger charge is -2.00. The van der Waals surface area contributed by atoms with E-state index < -0.39 is 0 Å². The molecule has 0 rings (SSSR count). The Morgan fingerprint density at radius 3 is 2.38 bits per heavy atom. The Kier molecular flexibility index (Phi) is 3.88. The van der Waals surface area contributed by atoms with Gasteiger partial charge in [-0.15, -0.1) is 11.6 Å². The smallest absolute Gasteiger partial charge is 0.136 e. The number of carbonyl (C=O) groups is 1. The van der Waals surface area contributed by atoms with Gasteiger partial charge in [-0.3, -0.25) is 4.79 Å². The van der Waals surface area contributed by atoms with Crippen LogP contribution in [0.15, 0.2) is 0 Å². The number of rotatable bonds is 3. The molecule has 0 bridgehead atoms. The fourth-order valence-corrected chi connectivity index (χ4v) is 0.607. The second-order valence-corrected chi connectivity index (χ2v) is 2.18. The first-order valence-electron chi connectivity index (χ1n) is 2.81. The molecule has 0 spiro atoms. The fraction of sp³-hybridized carbons (Fsp3) is 0.833. The van der Waals surface area contributed by atoms with Crippen LogP contribution in [-0.4, -0.2) is 11.7 Å². The van der Waals surface area contributed by atoms with Crippen LogP contribution < -0.4 is 0 Å². The third-order valence-electron chi connectivity index (χ3n) is 1.13. The van der Waals surface area contributed by atoms with Crippen molar-refractivity contribution < 1.29 is 4.79 Å². The first kappa shape index (κ1) is 7.96. The summed E-state index contributed by atoms with van der Waals surface area (Å²) in [6.45, 7) is 3.70. The first-order valence-corrected chi connectivity index (χ1v) is 3.34. The maximum Gasteiger partial charge on any atom is 0.136 e. The van der Waals surface area contributed by atoms with Gasteiger partial charge in [0.2, 0.25) is 0 Å². The van der Waals surface area contributed by atoms with Crippen molar-refractivity contribution in [2.24, 2.45) is 5.92 Å². The third kappa shape index (κ3) is 2.31. The van der Waals surface area contributed by atoms with Crippen molar-refractivity contribution in [3.63, 3.8) is 0 Å². The number of alkyl halides is 1. The summed E-state index contributed by atoms with van der Waals surface area (Å²) in [5.41, 5.74) is 0. The van der Waals surface area contributed by atoms with Crippen LogP contribution in [0.1, 0.15) is 20.3 Å². The lowest BCUT2D eigenvalue weighted by atomic mass is 10.1. The van der Waals surface area contributed by atoms with E-state index in [1.165, 1.54) is 0 Å². The maximum absolute atomic E-state index is 10.7. The van der Waals surface area contributed by atoms with Crippen LogP contribution in [0.5, 0.6) is 0 Å². The summed E-state index contributed by atoms with van der Waals surface area (Å²) in [6.07, 6.45) is 0.605. The van der Waals surface area contributed by atoms with Crippen LogP contribution in [0.3, 0.4) is 0 Å². The molecule has 2 heteroatoms. The van der Waals surface area contributed by atoms with Crippen molar-refractivity contribution in [1.82, 2.24) is 0 Å². The van der Waals surface area contributed by atoms with E-state index >= 15 is 0 Å². The fourth-order valence-electron chi connectivity index (χ4n) is 0.435. The molecule has 0 aromatic heterocycles. The predicted molar refractivity (Wildman–Crippen MR) is 35.2 cm³/mol. The highest BCUT2D eigenvalue weighted by atomic mass is 35.5. The highest BCUT2D eigenvalue weighted by molar-refractivity contribution is 6.19. The topological polar surface area (TPSA) is 17.1 Å². The number of carbonyl (C=O) groups excluding carboxylic acids is 1. The lowest BCUT2D eigenvalue weighted by Crippen LogP contribution is -2.09. The zero-order valence-electron chi connectivity index (χ0n) is 5.28. The SMILES string of the molecule is CCC(=O)C(C)CCl. The summed E-state index contributed by atoms with van der Waals surface area (Å²) in [5, 5.41) is 0. The minimum Gasteiger partial charge on any atom is -0.299 e. The molecule has 0 saturated carbocycles. The molecule has 0 aromatic rings. The maximum atomic E-state index is 10.7. The van der Waals surface area contributed by atoms with E-state index in [1.54, 1.807) is 0 Å². The molecule has 0 aliphatic rings. The average Bonchev–Trinajstić information content (AvgIpc) is 1.84. The molecule has 8 heavy (non-hydrogen) atoms. The van der Waals surface area contributed by atoms with Crippen molar-refractivity contribution in [1.29, 1.82) is 0 Å². The normalized spacial score (nSPS) is 13.4. The molecule has 0 N–H and O–H groups in total. The summed E-state index contributed by atoms with van der Waals surface area (Å²) < 4.78 is 0. The van der Waals surface area contributed by atoms with Crippen molar-refractivity contribution >= 4 is 17.4 Å². The summed E-state index contributed by atoms with van der Waals surface area (Å²) in [4.78, 5) is 10.7. The van der Waals surface area contributed by atoms with Gasteiger partial charge in [0.1, 0.15) is 5.78 Å². The summed E-state index contributed by atoms with van der Waals surface area (Å²) in [6, 6.07) is 0. The highest BCUT2D eigenvalue weighted by Gasteiger charge is 2.06. The van der Waals surface area contributed by atoms with Gasteiger partial charge in [0.05, 0.1) is 0 Å². The zero-order valence-corrected chi connectivity index (χ0v) is 6.03. The van der Waals surface area contributed by atoms with Gasteiger partial charge in [0, 0.05) is 18.2 Å². The molecule has 0 aliphatic carbocycles. The van der Waals surface area contributed by atoms with E-state index in [0.717, 1.165) is 0 Å². The molecule has 1 unspecified atom stereocenters. The van der Waals surface area contributed by atoms with Gasteiger partial charge < -0.3 is 0 Å². The molecule has 0 radical (unpaired) electrons. The van der Waals surface area contributed by atoms with E-state index in [4.69, 9.17) is 11.6 Å². The molecule has 0 fully saturated rings. The van der Waals surface area contributed by atoms with Crippen LogP contribution in [-0.2, 0) is 4.79 Å². The predicted octanol–water partition coefficient (Wildman–Crippen LogP) is 1.84. The van der Waals surface area contributed by atoms with Crippen molar-refractivity contribution in [2.45, 2.75) is 20.3 Å². The van der Waals surface area contributed by atoms with E-state index in [1.807, 2.05) is 13.8 Å². The third-order valence-corrected chi connectivity index (χ3v) is 1.59. The van der Waals surface area contributed by atoms with Crippen LogP contribution in [0.2, 0.25) is 0 Å². The molecule has 0 aliphatic heterocycles. The van der Waals surface area contributed by atoms with Gasteiger partial charge in [-0.05, 0) is 0 Å². The van der Waals surface area contributed by atoms with Crippen LogP contribution in [0.25, 0.3) is 0 Å². The van der Waals surface area contributed by atoms with Gasteiger partial charge in [-0.2, -0.15) is 0 Å². The van der Waals surface area contributed by atoms with E-state index in [2.05, 4.69) is 0 Å². The second-order valence-electron chi connectivity index (χ2n) is 1.88. The lowest BCUT2D eigenvalue weighted by molar-refractivity contribution is -0.121. The van der Waals surface area contributed by atoms with Crippen LogP contribution in [0.4, 0.5) is 0 Å². The number of hydrogen-bond acceptors (Lipinski definition) is 1. The molecule has 1 nitrogen and oxygen atoms in total. The van der Waals surface area contributed by atoms with Gasteiger partial charge in [0.15, 0.2) is 0 Å². The molecule has 0 aromatic carbocycles. The van der Waals surface area contributed by atoms with Gasteiger partial charge in [-0.25, -0.2) is 0 Å². The Balaban J connectivity index is 3.46. The Morgan fingerprint density at radius 1 is 1.75 bits per heavy atom. The Morgan fingerprint density at radius 2 is 2.25 bits per heavy atom. The van der Waals surface area contributed by atoms with Gasteiger partial charge in [0.25, 0.3) is 0 Å². The first-order chi connectivity index (χ1) is 3.72. The summed E-state index contributed by atoms with van der Waals surface area (Å²) in [7, 11) is 0. The Labute approximate surface area is 55.0 Å². The zero-order chi connectivity index (χ0) is 6.57. The van der Waals surface area contributed by atoms with Gasteiger partial charge >= 0.3 is 0 Å². The Hall–Kier alpha value is -0.0400. The van der Waals surface area contributed by atoms with Crippen LogP contribution in [0, 0.1) is 5.92 Å². The number of ketones is 1. The highest BCUT2D eigenvalue weighted by Crippen LogP contribution is 2.01. The summed E-state index contributed by atoms with van der Waals surface area (Å²) in [5.74, 6) is 0.744. The number of halogens is 1. The second kappa shape index (κ2) is 3.90. The van der Waals surface area contributed by atoms with Gasteiger partial charge in [-0.1, -0.05) is 13.8 Å². The standard InChI is InChI=1S/C6H11ClO/c1-3-6(8)5(2)4-7/h5H,3-4H2,1-2H3. The molecular weight excluding hydrogens is 124 g/mol. The monoisotopic (exact) mass is 134 g/mol. The minimum atomic E-state index is 0.0432. The Bertz CT molecular complexity index is 80.6. The minimum absolute atomic E-state index is 0.0432. The molecule has 1 atom stereocenters. The molecule has 48 valence electrons. The van der Waals surface area contributed by atoms with E-state index in [0.29, 0.717) is 12.3 Å². The summed E-state index contributed by atoms with van der Waals surface area (Å²) >= 11 is 5.40. The van der Waals surface area contributed by atoms with Crippen LogP contribution >= 0.6 is 11.6 Å².